The Balaban J connectivity index is 2.22. The number of benzene rings is 1. The van der Waals surface area contributed by atoms with Crippen molar-refractivity contribution in [3.63, 3.8) is 0 Å². The number of esters is 2. The molecule has 0 spiro atoms. The predicted octanol–water partition coefficient (Wildman–Crippen LogP) is 1.64. The molecule has 0 saturated carbocycles. The van der Waals surface area contributed by atoms with Crippen LogP contribution in [0.5, 0.6) is 5.75 Å². The number of carbonyl (C=O) groups is 2. The van der Waals surface area contributed by atoms with Crippen LogP contribution >= 0.6 is 0 Å². The lowest BCUT2D eigenvalue weighted by molar-refractivity contribution is -0.163. The molecule has 0 atom stereocenters. The number of hydrogen-bond acceptors (Lipinski definition) is 4. The maximum Gasteiger partial charge on any atom is 0.314 e. The average Bonchev–Trinajstić information content (AvgIpc) is 2.28. The van der Waals surface area contributed by atoms with Gasteiger partial charge in [0.15, 0.2) is 0 Å². The van der Waals surface area contributed by atoms with Gasteiger partial charge >= 0.3 is 11.9 Å². The quantitative estimate of drug-likeness (QED) is 0.561. The fourth-order valence-electron chi connectivity index (χ4n) is 1.82. The molecule has 1 aliphatic heterocycles. The minimum Gasteiger partial charge on any atom is -0.497 e. The second kappa shape index (κ2) is 4.35. The minimum absolute atomic E-state index is 0.0937. The van der Waals surface area contributed by atoms with E-state index in [-0.39, 0.29) is 18.8 Å². The van der Waals surface area contributed by atoms with E-state index < -0.39 is 11.9 Å². The van der Waals surface area contributed by atoms with Crippen LogP contribution in [0.4, 0.5) is 0 Å². The molecule has 1 aromatic rings. The zero-order valence-corrected chi connectivity index (χ0v) is 8.93. The Morgan fingerprint density at radius 1 is 1.25 bits per heavy atom. The Labute approximate surface area is 93.2 Å². The highest BCUT2D eigenvalue weighted by Crippen LogP contribution is 2.30. The molecule has 0 aromatic heterocycles. The molecule has 0 N–H and O–H groups in total. The van der Waals surface area contributed by atoms with Crippen molar-refractivity contribution in [2.45, 2.75) is 18.8 Å². The maximum absolute atomic E-state index is 11.1. The molecule has 0 amide bonds. The van der Waals surface area contributed by atoms with Gasteiger partial charge in [-0.1, -0.05) is 12.1 Å². The molecule has 1 heterocycles. The van der Waals surface area contributed by atoms with E-state index in [1.807, 2.05) is 24.3 Å². The van der Waals surface area contributed by atoms with Crippen LogP contribution in [-0.2, 0) is 14.3 Å². The molecule has 0 bridgehead atoms. The molecule has 0 unspecified atom stereocenters. The summed E-state index contributed by atoms with van der Waals surface area (Å²) in [6.45, 7) is 0. The lowest BCUT2D eigenvalue weighted by Gasteiger charge is -2.20. The molecule has 0 radical (unpaired) electrons. The van der Waals surface area contributed by atoms with Crippen molar-refractivity contribution in [1.82, 2.24) is 0 Å². The number of cyclic esters (lactones) is 2. The van der Waals surface area contributed by atoms with Crippen LogP contribution in [0, 0.1) is 0 Å². The van der Waals surface area contributed by atoms with Gasteiger partial charge in [0.1, 0.15) is 5.75 Å². The zero-order valence-electron chi connectivity index (χ0n) is 8.93. The molecule has 1 aromatic carbocycles. The molecule has 2 rings (SSSR count). The zero-order chi connectivity index (χ0) is 11.5. The summed E-state index contributed by atoms with van der Waals surface area (Å²) >= 11 is 0. The van der Waals surface area contributed by atoms with E-state index >= 15 is 0 Å². The van der Waals surface area contributed by atoms with Gasteiger partial charge in [-0.15, -0.1) is 0 Å². The summed E-state index contributed by atoms with van der Waals surface area (Å²) in [7, 11) is 1.58. The molecule has 84 valence electrons. The lowest BCUT2D eigenvalue weighted by atomic mass is 9.91. The second-order valence-electron chi connectivity index (χ2n) is 3.73. The van der Waals surface area contributed by atoms with Crippen molar-refractivity contribution < 1.29 is 19.1 Å². The highest BCUT2D eigenvalue weighted by Gasteiger charge is 2.28. The van der Waals surface area contributed by atoms with Crippen LogP contribution in [0.1, 0.15) is 24.3 Å². The number of ether oxygens (including phenoxy) is 2. The van der Waals surface area contributed by atoms with Crippen LogP contribution in [0.15, 0.2) is 24.3 Å². The van der Waals surface area contributed by atoms with Crippen molar-refractivity contribution in [2.24, 2.45) is 0 Å². The van der Waals surface area contributed by atoms with Gasteiger partial charge in [0.05, 0.1) is 20.0 Å². The summed E-state index contributed by atoms with van der Waals surface area (Å²) in [4.78, 5) is 22.3. The van der Waals surface area contributed by atoms with E-state index in [9.17, 15) is 9.59 Å². The van der Waals surface area contributed by atoms with Crippen molar-refractivity contribution >= 4 is 11.9 Å². The topological polar surface area (TPSA) is 52.6 Å². The van der Waals surface area contributed by atoms with Crippen LogP contribution in [-0.4, -0.2) is 19.0 Å². The third kappa shape index (κ3) is 2.21. The molecule has 4 nitrogen and oxygen atoms in total. The summed E-state index contributed by atoms with van der Waals surface area (Å²) in [5.41, 5.74) is 0.935. The van der Waals surface area contributed by atoms with E-state index in [0.717, 1.165) is 11.3 Å². The normalized spacial score (nSPS) is 17.1. The smallest absolute Gasteiger partial charge is 0.314 e. The molecule has 4 heteroatoms. The van der Waals surface area contributed by atoms with Gasteiger partial charge in [0.2, 0.25) is 0 Å². The Kier molecular flexibility index (Phi) is 2.90. The highest BCUT2D eigenvalue weighted by atomic mass is 16.6. The van der Waals surface area contributed by atoms with E-state index in [0.29, 0.717) is 0 Å². The summed E-state index contributed by atoms with van der Waals surface area (Å²) in [6, 6.07) is 7.40. The molecule has 1 aliphatic rings. The summed E-state index contributed by atoms with van der Waals surface area (Å²) in [5, 5.41) is 0. The van der Waals surface area contributed by atoms with Crippen molar-refractivity contribution in [3.8, 4) is 5.75 Å². The number of hydrogen-bond donors (Lipinski definition) is 0. The molecular weight excluding hydrogens is 208 g/mol. The van der Waals surface area contributed by atoms with Crippen LogP contribution < -0.4 is 4.74 Å². The maximum atomic E-state index is 11.1. The first-order chi connectivity index (χ1) is 7.69. The summed E-state index contributed by atoms with van der Waals surface area (Å²) < 4.78 is 9.58. The predicted molar refractivity (Wildman–Crippen MR) is 56.1 cm³/mol. The van der Waals surface area contributed by atoms with Gasteiger partial charge in [-0.05, 0) is 17.7 Å². The Morgan fingerprint density at radius 3 is 2.56 bits per heavy atom. The lowest BCUT2D eigenvalue weighted by Crippen LogP contribution is -2.24. The number of carbonyl (C=O) groups excluding carboxylic acids is 2. The fourth-order valence-corrected chi connectivity index (χ4v) is 1.82. The van der Waals surface area contributed by atoms with Gasteiger partial charge in [0, 0.05) is 5.92 Å². The van der Waals surface area contributed by atoms with Gasteiger partial charge in [-0.3, -0.25) is 9.59 Å². The van der Waals surface area contributed by atoms with E-state index in [1.54, 1.807) is 7.11 Å². The Morgan fingerprint density at radius 2 is 1.94 bits per heavy atom. The van der Waals surface area contributed by atoms with Crippen molar-refractivity contribution in [2.75, 3.05) is 7.11 Å². The molecule has 0 aliphatic carbocycles. The first-order valence-corrected chi connectivity index (χ1v) is 5.06. The van der Waals surface area contributed by atoms with Crippen LogP contribution in [0.3, 0.4) is 0 Å². The van der Waals surface area contributed by atoms with Gasteiger partial charge in [-0.2, -0.15) is 0 Å². The van der Waals surface area contributed by atoms with Crippen LogP contribution in [0.2, 0.25) is 0 Å². The summed E-state index contributed by atoms with van der Waals surface area (Å²) in [6.07, 6.45) is 0.498. The first-order valence-electron chi connectivity index (χ1n) is 5.06. The van der Waals surface area contributed by atoms with Gasteiger partial charge in [-0.25, -0.2) is 0 Å². The molecule has 16 heavy (non-hydrogen) atoms. The van der Waals surface area contributed by atoms with Crippen molar-refractivity contribution in [3.05, 3.63) is 29.8 Å². The van der Waals surface area contributed by atoms with Gasteiger partial charge in [0.25, 0.3) is 0 Å². The second-order valence-corrected chi connectivity index (χ2v) is 3.73. The Bertz CT molecular complexity index is 409. The van der Waals surface area contributed by atoms with Crippen molar-refractivity contribution in [1.29, 1.82) is 0 Å². The monoisotopic (exact) mass is 220 g/mol. The third-order valence-corrected chi connectivity index (χ3v) is 2.62. The average molecular weight is 220 g/mol. The number of methoxy groups -OCH3 is 1. The van der Waals surface area contributed by atoms with Crippen LogP contribution in [0.25, 0.3) is 0 Å². The van der Waals surface area contributed by atoms with E-state index in [4.69, 9.17) is 4.74 Å². The molecule has 1 saturated heterocycles. The standard InChI is InChI=1S/C12H12O4/c1-15-10-4-2-3-8(5-10)9-6-11(13)16-12(14)7-9/h2-5,9H,6-7H2,1H3. The minimum atomic E-state index is -0.455. The van der Waals surface area contributed by atoms with Gasteiger partial charge < -0.3 is 9.47 Å². The van der Waals surface area contributed by atoms with E-state index in [2.05, 4.69) is 4.74 Å². The number of rotatable bonds is 2. The van der Waals surface area contributed by atoms with E-state index in [1.165, 1.54) is 0 Å². The Hall–Kier alpha value is -1.84. The highest BCUT2D eigenvalue weighted by molar-refractivity contribution is 5.89. The molecular formula is C12H12O4. The fraction of sp³-hybridized carbons (Fsp3) is 0.333. The molecule has 1 fully saturated rings. The summed E-state index contributed by atoms with van der Waals surface area (Å²) in [5.74, 6) is -0.277. The third-order valence-electron chi connectivity index (χ3n) is 2.62. The SMILES string of the molecule is COc1cccc(C2CC(=O)OC(=O)C2)c1. The first kappa shape index (κ1) is 10.7. The largest absolute Gasteiger partial charge is 0.497 e.